The van der Waals surface area contributed by atoms with Crippen molar-refractivity contribution in [2.45, 2.75) is 25.9 Å². The van der Waals surface area contributed by atoms with Gasteiger partial charge in [-0.2, -0.15) is 0 Å². The van der Waals surface area contributed by atoms with E-state index in [0.29, 0.717) is 0 Å². The zero-order valence-corrected chi connectivity index (χ0v) is 12.6. The van der Waals surface area contributed by atoms with E-state index in [0.717, 1.165) is 25.3 Å². The molecule has 1 unspecified atom stereocenters. The van der Waals surface area contributed by atoms with Crippen molar-refractivity contribution < 1.29 is 0 Å². The Hall–Kier alpha value is -1.65. The van der Waals surface area contributed by atoms with Crippen molar-refractivity contribution >= 4 is 0 Å². The van der Waals surface area contributed by atoms with Gasteiger partial charge in [0.2, 0.25) is 0 Å². The third-order valence-electron chi connectivity index (χ3n) is 3.66. The second kappa shape index (κ2) is 6.68. The maximum absolute atomic E-state index is 6.25. The average molecular weight is 272 g/mol. The van der Waals surface area contributed by atoms with Crippen LogP contribution in [0.3, 0.4) is 0 Å². The van der Waals surface area contributed by atoms with E-state index in [2.05, 4.69) is 52.7 Å². The quantitative estimate of drug-likeness (QED) is 0.877. The fourth-order valence-electron chi connectivity index (χ4n) is 2.21. The van der Waals surface area contributed by atoms with Crippen molar-refractivity contribution in [3.05, 3.63) is 53.6 Å². The van der Waals surface area contributed by atoms with Crippen LogP contribution >= 0.6 is 0 Å². The third-order valence-corrected chi connectivity index (χ3v) is 3.66. The van der Waals surface area contributed by atoms with E-state index in [1.807, 2.05) is 19.4 Å². The number of hydrogen-bond acceptors (Lipinski definition) is 3. The second-order valence-electron chi connectivity index (χ2n) is 5.50. The molecule has 108 valence electrons. The summed E-state index contributed by atoms with van der Waals surface area (Å²) in [7, 11) is 4.13. The van der Waals surface area contributed by atoms with Gasteiger partial charge >= 0.3 is 0 Å². The number of rotatable bonds is 6. The van der Waals surface area contributed by atoms with E-state index in [1.165, 1.54) is 11.1 Å². The topological polar surface area (TPSA) is 47.1 Å². The minimum absolute atomic E-state index is 0.0967. The summed E-state index contributed by atoms with van der Waals surface area (Å²) in [5.41, 5.74) is 8.73. The molecule has 1 aromatic heterocycles. The number of aryl methyl sites for hydroxylation is 2. The van der Waals surface area contributed by atoms with Gasteiger partial charge in [0.05, 0.1) is 6.54 Å². The van der Waals surface area contributed by atoms with Gasteiger partial charge in [-0.1, -0.05) is 29.8 Å². The van der Waals surface area contributed by atoms with Gasteiger partial charge in [-0.15, -0.1) is 0 Å². The predicted octanol–water partition coefficient (Wildman–Crippen LogP) is 2.25. The molecule has 0 spiro atoms. The fourth-order valence-corrected chi connectivity index (χ4v) is 2.21. The molecule has 0 radical (unpaired) electrons. The maximum atomic E-state index is 6.25. The van der Waals surface area contributed by atoms with Crippen LogP contribution in [0, 0.1) is 6.92 Å². The van der Waals surface area contributed by atoms with Crippen LogP contribution in [-0.4, -0.2) is 28.0 Å². The lowest BCUT2D eigenvalue weighted by Gasteiger charge is -2.19. The van der Waals surface area contributed by atoms with E-state index in [4.69, 9.17) is 5.73 Å². The lowest BCUT2D eigenvalue weighted by molar-refractivity contribution is 0.301. The van der Waals surface area contributed by atoms with Gasteiger partial charge in [0.15, 0.2) is 0 Å². The van der Waals surface area contributed by atoms with Gasteiger partial charge in [0.25, 0.3) is 0 Å². The second-order valence-corrected chi connectivity index (χ2v) is 5.50. The Labute approximate surface area is 121 Å². The Kier molecular flexibility index (Phi) is 4.93. The minimum Gasteiger partial charge on any atom is -0.337 e. The average Bonchev–Trinajstić information content (AvgIpc) is 2.82. The van der Waals surface area contributed by atoms with E-state index >= 15 is 0 Å². The summed E-state index contributed by atoms with van der Waals surface area (Å²) in [4.78, 5) is 6.60. The summed E-state index contributed by atoms with van der Waals surface area (Å²) >= 11 is 0. The van der Waals surface area contributed by atoms with Crippen LogP contribution in [0.2, 0.25) is 0 Å². The molecule has 2 N–H and O–H groups in total. The number of benzene rings is 1. The molecule has 0 saturated carbocycles. The summed E-state index contributed by atoms with van der Waals surface area (Å²) < 4.78 is 2.05. The highest BCUT2D eigenvalue weighted by Crippen LogP contribution is 2.15. The molecule has 0 bridgehead atoms. The highest BCUT2D eigenvalue weighted by atomic mass is 15.1. The summed E-state index contributed by atoms with van der Waals surface area (Å²) in [6.07, 6.45) is 4.76. The fraction of sp³-hybridized carbons (Fsp3) is 0.438. The molecular weight excluding hydrogens is 248 g/mol. The Morgan fingerprint density at radius 1 is 1.30 bits per heavy atom. The lowest BCUT2D eigenvalue weighted by atomic mass is 10.0. The van der Waals surface area contributed by atoms with Crippen LogP contribution in [0.5, 0.6) is 0 Å². The first-order valence-electron chi connectivity index (χ1n) is 7.03. The molecule has 2 rings (SSSR count). The van der Waals surface area contributed by atoms with Crippen molar-refractivity contribution in [1.82, 2.24) is 14.5 Å². The maximum Gasteiger partial charge on any atom is 0.122 e. The van der Waals surface area contributed by atoms with Crippen molar-refractivity contribution in [2.24, 2.45) is 12.8 Å². The zero-order valence-electron chi connectivity index (χ0n) is 12.6. The lowest BCUT2D eigenvalue weighted by Crippen LogP contribution is -2.24. The first-order valence-corrected chi connectivity index (χ1v) is 7.03. The molecule has 0 fully saturated rings. The SMILES string of the molecule is Cc1ccc(C(N)CCN(C)Cc2nccn2C)cc1. The Bertz CT molecular complexity index is 530. The Balaban J connectivity index is 1.82. The molecule has 2 aromatic rings. The molecule has 1 atom stereocenters. The van der Waals surface area contributed by atoms with Crippen molar-refractivity contribution in [3.63, 3.8) is 0 Å². The molecule has 0 saturated heterocycles. The molecule has 0 aliphatic carbocycles. The first kappa shape index (κ1) is 14.8. The molecule has 0 amide bonds. The van der Waals surface area contributed by atoms with E-state index < -0.39 is 0 Å². The summed E-state index contributed by atoms with van der Waals surface area (Å²) in [6.45, 7) is 3.90. The van der Waals surface area contributed by atoms with E-state index in [-0.39, 0.29) is 6.04 Å². The molecule has 1 heterocycles. The van der Waals surface area contributed by atoms with E-state index in [9.17, 15) is 0 Å². The van der Waals surface area contributed by atoms with Gasteiger partial charge < -0.3 is 10.3 Å². The van der Waals surface area contributed by atoms with Gasteiger partial charge in [0.1, 0.15) is 5.82 Å². The number of aromatic nitrogens is 2. The van der Waals surface area contributed by atoms with Crippen LogP contribution in [0.1, 0.15) is 29.4 Å². The Morgan fingerprint density at radius 2 is 2.00 bits per heavy atom. The van der Waals surface area contributed by atoms with Crippen LogP contribution in [0.15, 0.2) is 36.7 Å². The van der Waals surface area contributed by atoms with Crippen LogP contribution in [0.4, 0.5) is 0 Å². The highest BCUT2D eigenvalue weighted by Gasteiger charge is 2.09. The third kappa shape index (κ3) is 3.92. The first-order chi connectivity index (χ1) is 9.56. The molecule has 0 aliphatic heterocycles. The molecule has 4 nitrogen and oxygen atoms in total. The highest BCUT2D eigenvalue weighted by molar-refractivity contribution is 5.23. The normalized spacial score (nSPS) is 12.8. The van der Waals surface area contributed by atoms with Crippen molar-refractivity contribution in [2.75, 3.05) is 13.6 Å². The largest absolute Gasteiger partial charge is 0.337 e. The molecule has 0 aliphatic rings. The van der Waals surface area contributed by atoms with Gasteiger partial charge in [0, 0.05) is 32.0 Å². The Morgan fingerprint density at radius 3 is 2.60 bits per heavy atom. The molecule has 4 heteroatoms. The molecular formula is C16H24N4. The predicted molar refractivity (Wildman–Crippen MR) is 82.3 cm³/mol. The smallest absolute Gasteiger partial charge is 0.122 e. The van der Waals surface area contributed by atoms with Crippen LogP contribution in [-0.2, 0) is 13.6 Å². The number of imidazole rings is 1. The van der Waals surface area contributed by atoms with Gasteiger partial charge in [-0.25, -0.2) is 4.98 Å². The van der Waals surface area contributed by atoms with Crippen molar-refractivity contribution in [1.29, 1.82) is 0 Å². The molecule has 20 heavy (non-hydrogen) atoms. The monoisotopic (exact) mass is 272 g/mol. The summed E-state index contributed by atoms with van der Waals surface area (Å²) in [6, 6.07) is 8.58. The van der Waals surface area contributed by atoms with Gasteiger partial charge in [-0.05, 0) is 26.0 Å². The summed E-state index contributed by atoms with van der Waals surface area (Å²) in [5, 5.41) is 0. The minimum atomic E-state index is 0.0967. The van der Waals surface area contributed by atoms with Gasteiger partial charge in [-0.3, -0.25) is 4.90 Å². The van der Waals surface area contributed by atoms with Crippen LogP contribution < -0.4 is 5.73 Å². The standard InChI is InChI=1S/C16H24N4/c1-13-4-6-14(7-5-13)15(17)8-10-19(2)12-16-18-9-11-20(16)3/h4-7,9,11,15H,8,10,12,17H2,1-3H3. The summed E-state index contributed by atoms with van der Waals surface area (Å²) in [5.74, 6) is 1.08. The van der Waals surface area contributed by atoms with E-state index in [1.54, 1.807) is 0 Å². The van der Waals surface area contributed by atoms with Crippen LogP contribution in [0.25, 0.3) is 0 Å². The number of nitrogens with two attached hydrogens (primary N) is 1. The number of hydrogen-bond donors (Lipinski definition) is 1. The zero-order chi connectivity index (χ0) is 14.5. The van der Waals surface area contributed by atoms with Crippen molar-refractivity contribution in [3.8, 4) is 0 Å². The molecule has 1 aromatic carbocycles. The number of nitrogens with zero attached hydrogens (tertiary/aromatic N) is 3.